The number of hydrogen-bond acceptors (Lipinski definition) is 7. The van der Waals surface area contributed by atoms with Crippen molar-refractivity contribution in [2.24, 2.45) is 4.99 Å². The first-order valence-electron chi connectivity index (χ1n) is 11.0. The second-order valence-corrected chi connectivity index (χ2v) is 10.8. The fraction of sp³-hybridized carbons (Fsp3) is 0.348. The summed E-state index contributed by atoms with van der Waals surface area (Å²) in [6, 6.07) is 11.3. The molecule has 12 heteroatoms. The van der Waals surface area contributed by atoms with Crippen LogP contribution in [0.1, 0.15) is 17.3 Å². The van der Waals surface area contributed by atoms with E-state index in [1.54, 1.807) is 13.2 Å². The number of benzene rings is 2. The number of fused-ring (bicyclic) bond motifs is 1. The minimum atomic E-state index is -3.64. The number of amides is 2. The Morgan fingerprint density at radius 1 is 1.14 bits per heavy atom. The lowest BCUT2D eigenvalue weighted by atomic mass is 10.2. The molecule has 1 N–H and O–H groups in total. The Morgan fingerprint density at radius 2 is 1.86 bits per heavy atom. The van der Waals surface area contributed by atoms with Gasteiger partial charge in [-0.15, -0.1) is 0 Å². The maximum Gasteiger partial charge on any atom is 0.279 e. The molecule has 3 aromatic rings. The van der Waals surface area contributed by atoms with Gasteiger partial charge in [-0.1, -0.05) is 11.3 Å². The van der Waals surface area contributed by atoms with Crippen LogP contribution in [0.15, 0.2) is 52.4 Å². The third-order valence-corrected chi connectivity index (χ3v) is 8.38. The molecule has 1 saturated heterocycles. The summed E-state index contributed by atoms with van der Waals surface area (Å²) in [5, 5.41) is 2.75. The Balaban J connectivity index is 1.65. The number of anilines is 1. The second kappa shape index (κ2) is 10.8. The molecule has 0 aliphatic carbocycles. The van der Waals surface area contributed by atoms with Crippen molar-refractivity contribution in [3.05, 3.63) is 52.8 Å². The van der Waals surface area contributed by atoms with Crippen LogP contribution in [0.3, 0.4) is 0 Å². The van der Waals surface area contributed by atoms with Crippen molar-refractivity contribution in [1.29, 1.82) is 0 Å². The lowest BCUT2D eigenvalue weighted by Gasteiger charge is -2.26. The van der Waals surface area contributed by atoms with E-state index in [1.165, 1.54) is 46.8 Å². The summed E-state index contributed by atoms with van der Waals surface area (Å²) in [5.74, 6) is -0.660. The number of methoxy groups -OCH3 is 1. The number of carbonyl (C=O) groups excluding carboxylic acids is 2. The number of thiazole rings is 1. The average Bonchev–Trinajstić information content (AvgIpc) is 3.18. The van der Waals surface area contributed by atoms with Gasteiger partial charge in [-0.25, -0.2) is 8.42 Å². The molecule has 1 fully saturated rings. The Hall–Kier alpha value is -2.90. The molecule has 1 aliphatic rings. The van der Waals surface area contributed by atoms with E-state index in [1.807, 2.05) is 16.7 Å². The van der Waals surface area contributed by atoms with E-state index in [9.17, 15) is 18.0 Å². The molecule has 10 nitrogen and oxygen atoms in total. The standard InChI is InChI=1S/C23H26N4O6S2/c1-16(28)24-18-5-8-20-21(15-18)34-23(27(20)11-12-32-2)25-22(29)17-3-6-19(7-4-17)35(30,31)26-9-13-33-14-10-26/h3-8,15H,9-14H2,1-2H3,(H,24,28). The van der Waals surface area contributed by atoms with E-state index in [-0.39, 0.29) is 16.4 Å². The van der Waals surface area contributed by atoms with Crippen molar-refractivity contribution in [2.45, 2.75) is 18.4 Å². The van der Waals surface area contributed by atoms with Gasteiger partial charge in [-0.05, 0) is 42.5 Å². The molecule has 1 aliphatic heterocycles. The maximum absolute atomic E-state index is 13.0. The minimum absolute atomic E-state index is 0.124. The summed E-state index contributed by atoms with van der Waals surface area (Å²) in [4.78, 5) is 29.3. The van der Waals surface area contributed by atoms with Crippen molar-refractivity contribution in [2.75, 3.05) is 45.3 Å². The first-order valence-corrected chi connectivity index (χ1v) is 13.2. The highest BCUT2D eigenvalue weighted by molar-refractivity contribution is 7.89. The van der Waals surface area contributed by atoms with Crippen LogP contribution in [-0.2, 0) is 30.8 Å². The summed E-state index contributed by atoms with van der Waals surface area (Å²) in [5.41, 5.74) is 1.79. The molecule has 2 heterocycles. The van der Waals surface area contributed by atoms with Gasteiger partial charge < -0.3 is 19.4 Å². The highest BCUT2D eigenvalue weighted by Crippen LogP contribution is 2.23. The van der Waals surface area contributed by atoms with Gasteiger partial charge in [0.15, 0.2) is 4.80 Å². The Morgan fingerprint density at radius 3 is 2.51 bits per heavy atom. The first kappa shape index (κ1) is 25.2. The van der Waals surface area contributed by atoms with Crippen LogP contribution in [0.5, 0.6) is 0 Å². The van der Waals surface area contributed by atoms with Gasteiger partial charge in [0.1, 0.15) is 0 Å². The summed E-state index contributed by atoms with van der Waals surface area (Å²) < 4.78 is 40.2. The molecule has 0 bridgehead atoms. The minimum Gasteiger partial charge on any atom is -0.383 e. The fourth-order valence-electron chi connectivity index (χ4n) is 3.70. The van der Waals surface area contributed by atoms with Gasteiger partial charge in [0.2, 0.25) is 15.9 Å². The number of rotatable bonds is 7. The second-order valence-electron chi connectivity index (χ2n) is 7.85. The average molecular weight is 519 g/mol. The third-order valence-electron chi connectivity index (χ3n) is 5.43. The van der Waals surface area contributed by atoms with Gasteiger partial charge in [0, 0.05) is 44.9 Å². The number of sulfonamides is 1. The maximum atomic E-state index is 13.0. The molecular formula is C23H26N4O6S2. The topological polar surface area (TPSA) is 119 Å². The van der Waals surface area contributed by atoms with Crippen LogP contribution in [0.4, 0.5) is 5.69 Å². The van der Waals surface area contributed by atoms with Crippen LogP contribution in [0, 0.1) is 0 Å². The lowest BCUT2D eigenvalue weighted by molar-refractivity contribution is -0.114. The van der Waals surface area contributed by atoms with Crippen molar-refractivity contribution in [1.82, 2.24) is 8.87 Å². The fourth-order valence-corrected chi connectivity index (χ4v) is 6.20. The van der Waals surface area contributed by atoms with E-state index in [0.717, 1.165) is 10.2 Å². The first-order chi connectivity index (χ1) is 16.8. The Labute approximate surface area is 206 Å². The summed E-state index contributed by atoms with van der Waals surface area (Å²) in [6.07, 6.45) is 0. The monoisotopic (exact) mass is 518 g/mol. The quantitative estimate of drug-likeness (QED) is 0.512. The van der Waals surface area contributed by atoms with Gasteiger partial charge in [0.05, 0.1) is 34.9 Å². The highest BCUT2D eigenvalue weighted by atomic mass is 32.2. The zero-order valence-electron chi connectivity index (χ0n) is 19.4. The largest absolute Gasteiger partial charge is 0.383 e. The van der Waals surface area contributed by atoms with Gasteiger partial charge in [0.25, 0.3) is 5.91 Å². The molecule has 1 aromatic heterocycles. The number of nitrogens with one attached hydrogen (secondary N) is 1. The van der Waals surface area contributed by atoms with Crippen LogP contribution in [0.25, 0.3) is 10.2 Å². The Kier molecular flexibility index (Phi) is 7.77. The summed E-state index contributed by atoms with van der Waals surface area (Å²) >= 11 is 1.32. The number of hydrogen-bond donors (Lipinski definition) is 1. The van der Waals surface area contributed by atoms with Gasteiger partial charge in [-0.2, -0.15) is 9.30 Å². The van der Waals surface area contributed by atoms with E-state index < -0.39 is 15.9 Å². The summed E-state index contributed by atoms with van der Waals surface area (Å²) in [6.45, 7) is 3.67. The number of aromatic nitrogens is 1. The smallest absolute Gasteiger partial charge is 0.279 e. The van der Waals surface area contributed by atoms with E-state index in [4.69, 9.17) is 9.47 Å². The van der Waals surface area contributed by atoms with Gasteiger partial charge in [-0.3, -0.25) is 9.59 Å². The van der Waals surface area contributed by atoms with Crippen molar-refractivity contribution in [3.8, 4) is 0 Å². The van der Waals surface area contributed by atoms with E-state index in [2.05, 4.69) is 10.3 Å². The number of nitrogens with zero attached hydrogens (tertiary/aromatic N) is 3. The molecule has 0 atom stereocenters. The molecule has 186 valence electrons. The molecular weight excluding hydrogens is 492 g/mol. The van der Waals surface area contributed by atoms with Crippen LogP contribution in [-0.4, -0.2) is 69.1 Å². The molecule has 2 amide bonds. The van der Waals surface area contributed by atoms with Crippen molar-refractivity contribution in [3.63, 3.8) is 0 Å². The zero-order valence-corrected chi connectivity index (χ0v) is 21.0. The van der Waals surface area contributed by atoms with Crippen LogP contribution >= 0.6 is 11.3 Å². The molecule has 4 rings (SSSR count). The van der Waals surface area contributed by atoms with Crippen molar-refractivity contribution < 1.29 is 27.5 Å². The van der Waals surface area contributed by atoms with Crippen molar-refractivity contribution >= 4 is 49.1 Å². The number of morpholine rings is 1. The van der Waals surface area contributed by atoms with Crippen LogP contribution < -0.4 is 10.1 Å². The number of ether oxygens (including phenoxy) is 2. The van der Waals surface area contributed by atoms with Gasteiger partial charge >= 0.3 is 0 Å². The van der Waals surface area contributed by atoms with Crippen LogP contribution in [0.2, 0.25) is 0 Å². The molecule has 2 aromatic carbocycles. The predicted molar refractivity (Wildman–Crippen MR) is 132 cm³/mol. The molecule has 0 unspecified atom stereocenters. The number of carbonyl (C=O) groups is 2. The molecule has 35 heavy (non-hydrogen) atoms. The molecule has 0 saturated carbocycles. The van der Waals surface area contributed by atoms with E-state index >= 15 is 0 Å². The Bertz CT molecular complexity index is 1400. The molecule has 0 radical (unpaired) electrons. The predicted octanol–water partition coefficient (Wildman–Crippen LogP) is 2.07. The zero-order chi connectivity index (χ0) is 25.0. The van der Waals surface area contributed by atoms with E-state index in [0.29, 0.717) is 49.9 Å². The highest BCUT2D eigenvalue weighted by Gasteiger charge is 2.26. The SMILES string of the molecule is COCCn1c(=NC(=O)c2ccc(S(=O)(=O)N3CCOCC3)cc2)sc2cc(NC(C)=O)ccc21. The summed E-state index contributed by atoms with van der Waals surface area (Å²) in [7, 11) is -2.05. The lowest BCUT2D eigenvalue weighted by Crippen LogP contribution is -2.40. The third kappa shape index (κ3) is 5.68. The molecule has 0 spiro atoms. The normalized spacial score (nSPS) is 15.4.